The van der Waals surface area contributed by atoms with E-state index in [1.807, 2.05) is 41.1 Å². The van der Waals surface area contributed by atoms with Crippen molar-refractivity contribution in [3.8, 4) is 5.69 Å². The van der Waals surface area contributed by atoms with Gasteiger partial charge in [0, 0.05) is 31.7 Å². The van der Waals surface area contributed by atoms with E-state index in [0.29, 0.717) is 11.8 Å². The van der Waals surface area contributed by atoms with Crippen molar-refractivity contribution in [3.63, 3.8) is 0 Å². The molecule has 1 saturated heterocycles. The Morgan fingerprint density at radius 2 is 1.70 bits per heavy atom. The summed E-state index contributed by atoms with van der Waals surface area (Å²) in [5.74, 6) is 0.994. The predicted molar refractivity (Wildman–Crippen MR) is 131 cm³/mol. The molecule has 170 valence electrons. The van der Waals surface area contributed by atoms with E-state index in [0.717, 1.165) is 78.5 Å². The van der Waals surface area contributed by atoms with Gasteiger partial charge < -0.3 is 15.8 Å². The van der Waals surface area contributed by atoms with Crippen LogP contribution in [0.5, 0.6) is 0 Å². The second kappa shape index (κ2) is 9.17. The average Bonchev–Trinajstić information content (AvgIpc) is 3.15. The number of hydrogen-bond donors (Lipinski definition) is 2. The highest BCUT2D eigenvalue weighted by Gasteiger charge is 2.21. The van der Waals surface area contributed by atoms with Crippen LogP contribution in [0.15, 0.2) is 48.5 Å². The van der Waals surface area contributed by atoms with Gasteiger partial charge in [-0.2, -0.15) is 4.98 Å². The number of para-hydroxylation sites is 2. The fourth-order valence-electron chi connectivity index (χ4n) is 4.39. The molecule has 0 radical (unpaired) electrons. The first-order chi connectivity index (χ1) is 16.1. The molecule has 4 aromatic rings. The number of nitrogens with zero attached hydrogens (tertiary/aromatic N) is 5. The van der Waals surface area contributed by atoms with Gasteiger partial charge in [-0.3, -0.25) is 4.90 Å². The first-order valence-corrected chi connectivity index (χ1v) is 11.3. The van der Waals surface area contributed by atoms with Crippen LogP contribution in [0.4, 0.5) is 17.5 Å². The Hall–Kier alpha value is -3.49. The maximum atomic E-state index is 6.46. The van der Waals surface area contributed by atoms with Crippen LogP contribution in [0.3, 0.4) is 0 Å². The number of fused-ring (bicyclic) bond motifs is 1. The summed E-state index contributed by atoms with van der Waals surface area (Å²) < 4.78 is 7.36. The summed E-state index contributed by atoms with van der Waals surface area (Å²) in [5, 5.41) is 8.89. The second-order valence-corrected chi connectivity index (χ2v) is 8.43. The number of anilines is 3. The van der Waals surface area contributed by atoms with Crippen LogP contribution in [0.1, 0.15) is 16.8 Å². The topological polar surface area (TPSA) is 94.1 Å². The molecule has 3 N–H and O–H groups in total. The van der Waals surface area contributed by atoms with Gasteiger partial charge in [0.2, 0.25) is 5.95 Å². The van der Waals surface area contributed by atoms with E-state index in [4.69, 9.17) is 25.5 Å². The van der Waals surface area contributed by atoms with Crippen molar-refractivity contribution in [3.05, 3.63) is 65.4 Å². The number of benzene rings is 2. The van der Waals surface area contributed by atoms with Crippen molar-refractivity contribution in [1.82, 2.24) is 24.6 Å². The van der Waals surface area contributed by atoms with Gasteiger partial charge in [0.05, 0.1) is 30.0 Å². The van der Waals surface area contributed by atoms with E-state index < -0.39 is 0 Å². The van der Waals surface area contributed by atoms with Crippen molar-refractivity contribution in [2.45, 2.75) is 20.3 Å². The zero-order valence-corrected chi connectivity index (χ0v) is 19.1. The Bertz CT molecular complexity index is 1240. The largest absolute Gasteiger partial charge is 0.382 e. The third-order valence-corrected chi connectivity index (χ3v) is 6.08. The Kier molecular flexibility index (Phi) is 5.93. The van der Waals surface area contributed by atoms with E-state index >= 15 is 0 Å². The first-order valence-electron chi connectivity index (χ1n) is 11.3. The molecular formula is C25H29N7O. The third-order valence-electron chi connectivity index (χ3n) is 6.08. The molecule has 0 spiro atoms. The molecule has 8 nitrogen and oxygen atoms in total. The maximum absolute atomic E-state index is 6.46. The van der Waals surface area contributed by atoms with Gasteiger partial charge in [-0.05, 0) is 37.1 Å². The zero-order chi connectivity index (χ0) is 22.8. The molecule has 5 rings (SSSR count). The number of nitrogens with two attached hydrogens (primary N) is 1. The Labute approximate surface area is 193 Å². The third kappa shape index (κ3) is 4.40. The highest BCUT2D eigenvalue weighted by atomic mass is 16.5. The van der Waals surface area contributed by atoms with Gasteiger partial charge in [-0.25, -0.2) is 9.67 Å². The molecule has 0 bridgehead atoms. The number of nitrogen functional groups attached to an aromatic ring is 1. The molecule has 0 aliphatic carbocycles. The fourth-order valence-corrected chi connectivity index (χ4v) is 4.39. The smallest absolute Gasteiger partial charge is 0.229 e. The highest BCUT2D eigenvalue weighted by molar-refractivity contribution is 5.91. The van der Waals surface area contributed by atoms with Crippen LogP contribution in [0, 0.1) is 13.8 Å². The number of aryl methyl sites for hydroxylation is 2. The number of aromatic nitrogens is 4. The van der Waals surface area contributed by atoms with E-state index in [9.17, 15) is 0 Å². The van der Waals surface area contributed by atoms with Crippen LogP contribution in [0.25, 0.3) is 16.7 Å². The summed E-state index contributed by atoms with van der Waals surface area (Å²) in [5.41, 5.74) is 12.2. The SMILES string of the molecule is Cc1cccc(C)c1-n1nc(N)c2c(CCN3CCOCC3)nc(Nc3ccccc3)nc21. The Morgan fingerprint density at radius 3 is 2.42 bits per heavy atom. The lowest BCUT2D eigenvalue weighted by Gasteiger charge is -2.26. The molecule has 1 aliphatic rings. The van der Waals surface area contributed by atoms with E-state index in [1.165, 1.54) is 0 Å². The van der Waals surface area contributed by atoms with Gasteiger partial charge in [-0.1, -0.05) is 36.4 Å². The van der Waals surface area contributed by atoms with Crippen molar-refractivity contribution in [2.24, 2.45) is 0 Å². The standard InChI is InChI=1S/C25H29N7O/c1-17-7-6-8-18(2)22(17)32-24-21(23(26)30-32)20(11-12-31-13-15-33-16-14-31)28-25(29-24)27-19-9-4-3-5-10-19/h3-10H,11-16H2,1-2H3,(H2,26,30)(H,27,28,29). The Morgan fingerprint density at radius 1 is 0.970 bits per heavy atom. The van der Waals surface area contributed by atoms with Gasteiger partial charge in [0.1, 0.15) is 0 Å². The number of nitrogens with one attached hydrogen (secondary N) is 1. The highest BCUT2D eigenvalue weighted by Crippen LogP contribution is 2.30. The molecule has 1 fully saturated rings. The summed E-state index contributed by atoms with van der Waals surface area (Å²) >= 11 is 0. The molecule has 8 heteroatoms. The van der Waals surface area contributed by atoms with Gasteiger partial charge >= 0.3 is 0 Å². The average molecular weight is 444 g/mol. The fraction of sp³-hybridized carbons (Fsp3) is 0.320. The van der Waals surface area contributed by atoms with E-state index in [2.05, 4.69) is 36.2 Å². The van der Waals surface area contributed by atoms with Gasteiger partial charge in [-0.15, -0.1) is 5.10 Å². The number of morpholine rings is 1. The molecule has 2 aromatic heterocycles. The van der Waals surface area contributed by atoms with Crippen molar-refractivity contribution in [1.29, 1.82) is 0 Å². The van der Waals surface area contributed by atoms with Crippen LogP contribution in [-0.2, 0) is 11.2 Å². The molecule has 2 aromatic carbocycles. The summed E-state index contributed by atoms with van der Waals surface area (Å²) in [7, 11) is 0. The summed E-state index contributed by atoms with van der Waals surface area (Å²) in [4.78, 5) is 12.1. The molecule has 3 heterocycles. The normalized spacial score (nSPS) is 14.6. The minimum absolute atomic E-state index is 0.455. The maximum Gasteiger partial charge on any atom is 0.229 e. The number of hydrogen-bond acceptors (Lipinski definition) is 7. The lowest BCUT2D eigenvalue weighted by atomic mass is 10.1. The lowest BCUT2D eigenvalue weighted by molar-refractivity contribution is 0.0384. The monoisotopic (exact) mass is 443 g/mol. The molecule has 0 unspecified atom stereocenters. The van der Waals surface area contributed by atoms with Crippen LogP contribution in [0.2, 0.25) is 0 Å². The van der Waals surface area contributed by atoms with Gasteiger partial charge in [0.15, 0.2) is 11.5 Å². The molecule has 0 saturated carbocycles. The molecular weight excluding hydrogens is 414 g/mol. The number of rotatable bonds is 6. The molecule has 33 heavy (non-hydrogen) atoms. The van der Waals surface area contributed by atoms with E-state index in [1.54, 1.807) is 0 Å². The minimum atomic E-state index is 0.455. The molecule has 1 aliphatic heterocycles. The van der Waals surface area contributed by atoms with Crippen LogP contribution < -0.4 is 11.1 Å². The van der Waals surface area contributed by atoms with Crippen molar-refractivity contribution in [2.75, 3.05) is 43.9 Å². The summed E-state index contributed by atoms with van der Waals surface area (Å²) in [6.45, 7) is 8.44. The van der Waals surface area contributed by atoms with Crippen molar-refractivity contribution >= 4 is 28.5 Å². The Balaban J connectivity index is 1.61. The molecule has 0 amide bonds. The summed E-state index contributed by atoms with van der Waals surface area (Å²) in [6.07, 6.45) is 0.755. The molecule has 0 atom stereocenters. The first kappa shape index (κ1) is 21.4. The van der Waals surface area contributed by atoms with Crippen LogP contribution >= 0.6 is 0 Å². The van der Waals surface area contributed by atoms with Crippen molar-refractivity contribution < 1.29 is 4.74 Å². The number of ether oxygens (including phenoxy) is 1. The van der Waals surface area contributed by atoms with E-state index in [-0.39, 0.29) is 0 Å². The lowest BCUT2D eigenvalue weighted by Crippen LogP contribution is -2.37. The van der Waals surface area contributed by atoms with Crippen LogP contribution in [-0.4, -0.2) is 57.5 Å². The quantitative estimate of drug-likeness (QED) is 0.470. The summed E-state index contributed by atoms with van der Waals surface area (Å²) in [6, 6.07) is 16.2. The predicted octanol–water partition coefficient (Wildman–Crippen LogP) is 3.63. The second-order valence-electron chi connectivity index (χ2n) is 8.43. The van der Waals surface area contributed by atoms with Gasteiger partial charge in [0.25, 0.3) is 0 Å². The zero-order valence-electron chi connectivity index (χ0n) is 19.1. The minimum Gasteiger partial charge on any atom is -0.382 e.